The predicted octanol–water partition coefficient (Wildman–Crippen LogP) is 1.35. The molecule has 7 nitrogen and oxygen atoms in total. The number of rotatable bonds is 4. The van der Waals surface area contributed by atoms with Crippen LogP contribution in [-0.4, -0.2) is 29.2 Å². The van der Waals surface area contributed by atoms with E-state index in [0.717, 1.165) is 15.8 Å². The molecule has 1 aromatic carbocycles. The summed E-state index contributed by atoms with van der Waals surface area (Å²) in [6.45, 7) is 0.894. The standard InChI is InChI=1S/C14H14BrN3O4/c15-8-1-2-11-10(7-8)9(4-6-21-11)13(19)16-5-3-12-17-14(20)22-18-12/h1-2,7,9H,3-6H2,(H,16,19)(H,17,18,20). The van der Waals surface area contributed by atoms with Gasteiger partial charge in [0, 0.05) is 23.0 Å². The zero-order valence-electron chi connectivity index (χ0n) is 11.6. The van der Waals surface area contributed by atoms with E-state index < -0.39 is 5.76 Å². The smallest absolute Gasteiger partial charge is 0.438 e. The number of benzene rings is 1. The van der Waals surface area contributed by atoms with Crippen LogP contribution >= 0.6 is 15.9 Å². The van der Waals surface area contributed by atoms with Crippen molar-refractivity contribution in [1.29, 1.82) is 0 Å². The highest BCUT2D eigenvalue weighted by molar-refractivity contribution is 9.10. The molecule has 2 heterocycles. The lowest BCUT2D eigenvalue weighted by Gasteiger charge is -2.25. The fraction of sp³-hybridized carbons (Fsp3) is 0.357. The Morgan fingerprint density at radius 1 is 1.50 bits per heavy atom. The van der Waals surface area contributed by atoms with Crippen LogP contribution in [0.1, 0.15) is 23.7 Å². The minimum Gasteiger partial charge on any atom is -0.493 e. The minimum absolute atomic E-state index is 0.0616. The van der Waals surface area contributed by atoms with E-state index in [1.165, 1.54) is 0 Å². The number of aromatic amines is 1. The SMILES string of the molecule is O=C(NCCc1noc(=O)[nH]1)C1CCOc2ccc(Br)cc21. The summed E-state index contributed by atoms with van der Waals surface area (Å²) >= 11 is 3.41. The predicted molar refractivity (Wildman–Crippen MR) is 80.8 cm³/mol. The Kier molecular flexibility index (Phi) is 4.28. The van der Waals surface area contributed by atoms with Crippen LogP contribution in [-0.2, 0) is 11.2 Å². The van der Waals surface area contributed by atoms with Gasteiger partial charge in [0.2, 0.25) is 5.91 Å². The number of fused-ring (bicyclic) bond motifs is 1. The molecular formula is C14H14BrN3O4. The molecule has 1 amide bonds. The summed E-state index contributed by atoms with van der Waals surface area (Å²) in [6.07, 6.45) is 1.04. The van der Waals surface area contributed by atoms with Crippen molar-refractivity contribution >= 4 is 21.8 Å². The fourth-order valence-corrected chi connectivity index (χ4v) is 2.81. The second kappa shape index (κ2) is 6.35. The lowest BCUT2D eigenvalue weighted by atomic mass is 9.92. The highest BCUT2D eigenvalue weighted by atomic mass is 79.9. The molecule has 8 heteroatoms. The van der Waals surface area contributed by atoms with Crippen LogP contribution in [0.5, 0.6) is 5.75 Å². The van der Waals surface area contributed by atoms with Crippen LogP contribution < -0.4 is 15.8 Å². The van der Waals surface area contributed by atoms with E-state index in [9.17, 15) is 9.59 Å². The van der Waals surface area contributed by atoms with Gasteiger partial charge in [0.1, 0.15) is 5.75 Å². The number of ether oxygens (including phenoxy) is 1. The number of nitrogens with zero attached hydrogens (tertiary/aromatic N) is 1. The monoisotopic (exact) mass is 367 g/mol. The molecule has 1 aliphatic heterocycles. The number of halogens is 1. The van der Waals surface area contributed by atoms with Crippen molar-refractivity contribution in [3.63, 3.8) is 0 Å². The van der Waals surface area contributed by atoms with Crippen molar-refractivity contribution in [3.8, 4) is 5.75 Å². The number of H-pyrrole nitrogens is 1. The van der Waals surface area contributed by atoms with Crippen LogP contribution in [0.2, 0.25) is 0 Å². The third-order valence-electron chi connectivity index (χ3n) is 3.47. The van der Waals surface area contributed by atoms with Gasteiger partial charge >= 0.3 is 5.76 Å². The van der Waals surface area contributed by atoms with Gasteiger partial charge in [0.25, 0.3) is 0 Å². The summed E-state index contributed by atoms with van der Waals surface area (Å²) in [5.41, 5.74) is 0.882. The van der Waals surface area contributed by atoms with E-state index in [0.29, 0.717) is 31.8 Å². The first-order valence-electron chi connectivity index (χ1n) is 6.88. The van der Waals surface area contributed by atoms with Crippen LogP contribution in [0.25, 0.3) is 0 Å². The lowest BCUT2D eigenvalue weighted by molar-refractivity contribution is -0.123. The van der Waals surface area contributed by atoms with E-state index in [1.54, 1.807) is 0 Å². The molecule has 0 aliphatic carbocycles. The molecular weight excluding hydrogens is 354 g/mol. The first-order valence-corrected chi connectivity index (χ1v) is 7.67. The van der Waals surface area contributed by atoms with Crippen LogP contribution in [0.3, 0.4) is 0 Å². The molecule has 22 heavy (non-hydrogen) atoms. The van der Waals surface area contributed by atoms with Gasteiger partial charge in [-0.15, -0.1) is 0 Å². The van der Waals surface area contributed by atoms with Crippen LogP contribution in [0.4, 0.5) is 0 Å². The Balaban J connectivity index is 1.63. The molecule has 3 rings (SSSR count). The second-order valence-corrected chi connectivity index (χ2v) is 5.87. The number of carbonyl (C=O) groups is 1. The minimum atomic E-state index is -0.593. The number of hydrogen-bond acceptors (Lipinski definition) is 5. The van der Waals surface area contributed by atoms with E-state index in [-0.39, 0.29) is 11.8 Å². The molecule has 1 atom stereocenters. The van der Waals surface area contributed by atoms with Gasteiger partial charge in [0.05, 0.1) is 12.5 Å². The first-order chi connectivity index (χ1) is 10.6. The summed E-state index contributed by atoms with van der Waals surface area (Å²) in [5, 5.41) is 6.41. The maximum atomic E-state index is 12.4. The molecule has 2 N–H and O–H groups in total. The molecule has 0 spiro atoms. The Hall–Kier alpha value is -2.09. The normalized spacial score (nSPS) is 16.7. The van der Waals surface area contributed by atoms with Crippen molar-refractivity contribution in [2.24, 2.45) is 0 Å². The number of aromatic nitrogens is 2. The maximum absolute atomic E-state index is 12.4. The molecule has 1 aliphatic rings. The van der Waals surface area contributed by atoms with E-state index in [2.05, 4.69) is 35.9 Å². The summed E-state index contributed by atoms with van der Waals surface area (Å²) in [4.78, 5) is 25.6. The maximum Gasteiger partial charge on any atom is 0.438 e. The third-order valence-corrected chi connectivity index (χ3v) is 3.97. The molecule has 0 saturated heterocycles. The Morgan fingerprint density at radius 2 is 2.36 bits per heavy atom. The fourth-order valence-electron chi connectivity index (χ4n) is 2.43. The number of amides is 1. The van der Waals surface area contributed by atoms with E-state index >= 15 is 0 Å². The highest BCUT2D eigenvalue weighted by Crippen LogP contribution is 2.35. The Labute approximate surface area is 134 Å². The Bertz CT molecular complexity index is 740. The quantitative estimate of drug-likeness (QED) is 0.849. The number of carbonyl (C=O) groups excluding carboxylic acids is 1. The molecule has 0 fully saturated rings. The van der Waals surface area contributed by atoms with Gasteiger partial charge in [-0.1, -0.05) is 21.1 Å². The summed E-state index contributed by atoms with van der Waals surface area (Å²) < 4.78 is 10.9. The van der Waals surface area contributed by atoms with Gasteiger partial charge in [-0.05, 0) is 24.6 Å². The average Bonchev–Trinajstić information content (AvgIpc) is 2.92. The topological polar surface area (TPSA) is 97.2 Å². The lowest BCUT2D eigenvalue weighted by Crippen LogP contribution is -2.33. The molecule has 0 bridgehead atoms. The van der Waals surface area contributed by atoms with Gasteiger partial charge < -0.3 is 10.1 Å². The van der Waals surface area contributed by atoms with Crippen molar-refractivity contribution < 1.29 is 14.1 Å². The van der Waals surface area contributed by atoms with Gasteiger partial charge in [-0.3, -0.25) is 14.3 Å². The van der Waals surface area contributed by atoms with Gasteiger partial charge in [-0.25, -0.2) is 4.79 Å². The first kappa shape index (κ1) is 14.8. The largest absolute Gasteiger partial charge is 0.493 e. The number of hydrogen-bond donors (Lipinski definition) is 2. The molecule has 0 radical (unpaired) electrons. The molecule has 1 aromatic heterocycles. The van der Waals surface area contributed by atoms with E-state index in [1.807, 2.05) is 18.2 Å². The molecule has 2 aromatic rings. The Morgan fingerprint density at radius 3 is 3.14 bits per heavy atom. The average molecular weight is 368 g/mol. The van der Waals surface area contributed by atoms with Crippen molar-refractivity contribution in [1.82, 2.24) is 15.5 Å². The summed E-state index contributed by atoms with van der Waals surface area (Å²) in [6, 6.07) is 5.66. The summed E-state index contributed by atoms with van der Waals surface area (Å²) in [5.74, 6) is 0.270. The van der Waals surface area contributed by atoms with E-state index in [4.69, 9.17) is 4.74 Å². The van der Waals surface area contributed by atoms with Crippen molar-refractivity contribution in [2.45, 2.75) is 18.8 Å². The number of nitrogens with one attached hydrogen (secondary N) is 2. The van der Waals surface area contributed by atoms with Crippen LogP contribution in [0, 0.1) is 0 Å². The third kappa shape index (κ3) is 3.22. The molecule has 1 unspecified atom stereocenters. The second-order valence-electron chi connectivity index (χ2n) is 4.95. The van der Waals surface area contributed by atoms with Gasteiger partial charge in [-0.2, -0.15) is 0 Å². The molecule has 116 valence electrons. The highest BCUT2D eigenvalue weighted by Gasteiger charge is 2.27. The van der Waals surface area contributed by atoms with Crippen LogP contribution in [0.15, 0.2) is 32.0 Å². The van der Waals surface area contributed by atoms with Crippen molar-refractivity contribution in [3.05, 3.63) is 44.6 Å². The zero-order valence-corrected chi connectivity index (χ0v) is 13.2. The summed E-state index contributed by atoms with van der Waals surface area (Å²) in [7, 11) is 0. The molecule has 0 saturated carbocycles. The van der Waals surface area contributed by atoms with Gasteiger partial charge in [0.15, 0.2) is 5.82 Å². The van der Waals surface area contributed by atoms with Crippen molar-refractivity contribution in [2.75, 3.05) is 13.2 Å². The zero-order chi connectivity index (χ0) is 15.5.